The van der Waals surface area contributed by atoms with Gasteiger partial charge in [0.2, 0.25) is 0 Å². The van der Waals surface area contributed by atoms with E-state index in [1.807, 2.05) is 0 Å². The van der Waals surface area contributed by atoms with Gasteiger partial charge in [0.15, 0.2) is 0 Å². The number of amides is 1. The van der Waals surface area contributed by atoms with E-state index in [2.05, 4.69) is 15.9 Å². The van der Waals surface area contributed by atoms with Crippen molar-refractivity contribution < 1.29 is 28.6 Å². The van der Waals surface area contributed by atoms with Crippen LogP contribution in [0.4, 0.5) is 5.69 Å². The Balaban J connectivity index is 1.98. The summed E-state index contributed by atoms with van der Waals surface area (Å²) in [5, 5.41) is 11.5. The van der Waals surface area contributed by atoms with Gasteiger partial charge in [-0.3, -0.25) is 14.5 Å². The maximum atomic E-state index is 13.2. The van der Waals surface area contributed by atoms with E-state index in [4.69, 9.17) is 25.5 Å². The number of ketones is 1. The first-order chi connectivity index (χ1) is 15.8. The summed E-state index contributed by atoms with van der Waals surface area (Å²) in [5.74, 6) is -0.629. The Hall–Kier alpha value is -3.23. The molecule has 2 aromatic carbocycles. The number of aliphatic hydroxyl groups excluding tert-OH is 1. The van der Waals surface area contributed by atoms with Crippen molar-refractivity contribution in [2.75, 3.05) is 19.1 Å². The number of anilines is 1. The van der Waals surface area contributed by atoms with Crippen LogP contribution in [0.1, 0.15) is 23.1 Å². The van der Waals surface area contributed by atoms with E-state index in [1.54, 1.807) is 43.3 Å². The molecule has 33 heavy (non-hydrogen) atoms. The van der Waals surface area contributed by atoms with Crippen LogP contribution in [0, 0.1) is 6.92 Å². The number of aryl methyl sites for hydroxylation is 1. The second-order valence-electron chi connectivity index (χ2n) is 7.28. The molecular formula is C24H19BrClNO6. The Morgan fingerprint density at radius 1 is 1.09 bits per heavy atom. The predicted molar refractivity (Wildman–Crippen MR) is 127 cm³/mol. The second-order valence-corrected chi connectivity index (χ2v) is 8.61. The molecule has 1 aromatic heterocycles. The SMILES string of the molecule is COc1cc(OC)c(/C(O)=C2\C(=O)C(=O)N(c3cccc(Br)c3)C2c2ccc(C)o2)cc1Cl. The molecule has 1 aliphatic heterocycles. The van der Waals surface area contributed by atoms with E-state index in [-0.39, 0.29) is 21.9 Å². The van der Waals surface area contributed by atoms with Crippen molar-refractivity contribution in [1.29, 1.82) is 0 Å². The normalized spacial score (nSPS) is 17.5. The molecule has 1 N–H and O–H groups in total. The van der Waals surface area contributed by atoms with Gasteiger partial charge >= 0.3 is 0 Å². The monoisotopic (exact) mass is 531 g/mol. The number of rotatable bonds is 5. The van der Waals surface area contributed by atoms with Gasteiger partial charge < -0.3 is 19.0 Å². The van der Waals surface area contributed by atoms with Gasteiger partial charge in [-0.2, -0.15) is 0 Å². The van der Waals surface area contributed by atoms with Crippen molar-refractivity contribution in [1.82, 2.24) is 0 Å². The maximum Gasteiger partial charge on any atom is 0.300 e. The molecular weight excluding hydrogens is 514 g/mol. The number of ether oxygens (including phenoxy) is 2. The molecule has 1 fully saturated rings. The van der Waals surface area contributed by atoms with Crippen LogP contribution in [0.25, 0.3) is 5.76 Å². The number of Topliss-reactive ketones (excluding diaryl/α,β-unsaturated/α-hetero) is 1. The Kier molecular flexibility index (Phi) is 6.23. The highest BCUT2D eigenvalue weighted by Gasteiger charge is 2.48. The van der Waals surface area contributed by atoms with Crippen molar-refractivity contribution in [2.24, 2.45) is 0 Å². The number of hydrogen-bond acceptors (Lipinski definition) is 6. The predicted octanol–water partition coefficient (Wildman–Crippen LogP) is 5.65. The molecule has 2 heterocycles. The minimum atomic E-state index is -1.00. The number of aliphatic hydroxyl groups is 1. The van der Waals surface area contributed by atoms with Gasteiger partial charge in [0, 0.05) is 16.2 Å². The molecule has 3 aromatic rings. The summed E-state index contributed by atoms with van der Waals surface area (Å²) < 4.78 is 17.1. The van der Waals surface area contributed by atoms with Crippen LogP contribution < -0.4 is 14.4 Å². The minimum Gasteiger partial charge on any atom is -0.507 e. The van der Waals surface area contributed by atoms with Gasteiger partial charge in [-0.05, 0) is 43.3 Å². The summed E-state index contributed by atoms with van der Waals surface area (Å²) >= 11 is 9.67. The molecule has 0 radical (unpaired) electrons. The third-order valence-corrected chi connectivity index (χ3v) is 6.08. The zero-order valence-electron chi connectivity index (χ0n) is 17.9. The molecule has 1 atom stereocenters. The first-order valence-electron chi connectivity index (χ1n) is 9.81. The lowest BCUT2D eigenvalue weighted by atomic mass is 9.98. The highest BCUT2D eigenvalue weighted by atomic mass is 79.9. The fourth-order valence-corrected chi connectivity index (χ4v) is 4.41. The smallest absolute Gasteiger partial charge is 0.300 e. The van der Waals surface area contributed by atoms with Crippen LogP contribution in [0.3, 0.4) is 0 Å². The summed E-state index contributed by atoms with van der Waals surface area (Å²) in [4.78, 5) is 27.7. The van der Waals surface area contributed by atoms with Crippen LogP contribution >= 0.6 is 27.5 Å². The first kappa shape index (κ1) is 22.9. The number of carbonyl (C=O) groups is 2. The van der Waals surface area contributed by atoms with Gasteiger partial charge in [0.1, 0.15) is 34.8 Å². The summed E-state index contributed by atoms with van der Waals surface area (Å²) in [7, 11) is 2.86. The first-order valence-corrected chi connectivity index (χ1v) is 11.0. The fourth-order valence-electron chi connectivity index (χ4n) is 3.78. The van der Waals surface area contributed by atoms with Gasteiger partial charge in [0.25, 0.3) is 11.7 Å². The molecule has 1 amide bonds. The lowest BCUT2D eigenvalue weighted by Gasteiger charge is -2.23. The van der Waals surface area contributed by atoms with Crippen LogP contribution in [0.5, 0.6) is 11.5 Å². The number of hydrogen-bond donors (Lipinski definition) is 1. The zero-order valence-corrected chi connectivity index (χ0v) is 20.2. The third kappa shape index (κ3) is 4.00. The van der Waals surface area contributed by atoms with Crippen molar-refractivity contribution in [3.8, 4) is 11.5 Å². The summed E-state index contributed by atoms with van der Waals surface area (Å²) in [6.07, 6.45) is 0. The number of benzene rings is 2. The Bertz CT molecular complexity index is 1300. The van der Waals surface area contributed by atoms with Gasteiger partial charge in [-0.15, -0.1) is 0 Å². The largest absolute Gasteiger partial charge is 0.507 e. The molecule has 7 nitrogen and oxygen atoms in total. The summed E-state index contributed by atoms with van der Waals surface area (Å²) in [6, 6.07) is 12.3. The van der Waals surface area contributed by atoms with E-state index in [9.17, 15) is 14.7 Å². The highest BCUT2D eigenvalue weighted by molar-refractivity contribution is 9.10. The fraction of sp³-hybridized carbons (Fsp3) is 0.167. The van der Waals surface area contributed by atoms with Crippen molar-refractivity contribution >= 4 is 50.7 Å². The van der Waals surface area contributed by atoms with E-state index >= 15 is 0 Å². The standard InChI is InChI=1S/C24H19BrClNO6/c1-12-7-8-17(33-12)21-20(22(28)15-10-16(26)19(32-3)11-18(15)31-2)23(29)24(30)27(21)14-6-4-5-13(25)9-14/h4-11,21,28H,1-3H3/b22-20+. The Morgan fingerprint density at radius 2 is 1.82 bits per heavy atom. The molecule has 0 saturated carbocycles. The lowest BCUT2D eigenvalue weighted by molar-refractivity contribution is -0.132. The van der Waals surface area contributed by atoms with Gasteiger partial charge in [0.05, 0.1) is 30.4 Å². The molecule has 170 valence electrons. The lowest BCUT2D eigenvalue weighted by Crippen LogP contribution is -2.29. The average molecular weight is 533 g/mol. The molecule has 1 unspecified atom stereocenters. The minimum absolute atomic E-state index is 0.142. The van der Waals surface area contributed by atoms with E-state index in [1.165, 1.54) is 31.3 Å². The number of methoxy groups -OCH3 is 2. The van der Waals surface area contributed by atoms with Crippen LogP contribution in [0.2, 0.25) is 5.02 Å². The second kappa shape index (κ2) is 8.96. The molecule has 0 spiro atoms. The Labute approximate surface area is 203 Å². The molecule has 1 saturated heterocycles. The number of nitrogens with zero attached hydrogens (tertiary/aromatic N) is 1. The van der Waals surface area contributed by atoms with Crippen LogP contribution in [0.15, 0.2) is 63.0 Å². The highest BCUT2D eigenvalue weighted by Crippen LogP contribution is 2.45. The van der Waals surface area contributed by atoms with Crippen molar-refractivity contribution in [3.63, 3.8) is 0 Å². The van der Waals surface area contributed by atoms with Gasteiger partial charge in [-0.1, -0.05) is 33.6 Å². The van der Waals surface area contributed by atoms with E-state index in [0.717, 1.165) is 4.47 Å². The molecule has 0 aliphatic carbocycles. The van der Waals surface area contributed by atoms with Gasteiger partial charge in [-0.25, -0.2) is 0 Å². The third-order valence-electron chi connectivity index (χ3n) is 5.29. The number of carbonyl (C=O) groups excluding carboxylic acids is 2. The quantitative estimate of drug-likeness (QED) is 0.260. The van der Waals surface area contributed by atoms with Crippen LogP contribution in [-0.4, -0.2) is 31.0 Å². The van der Waals surface area contributed by atoms with Crippen molar-refractivity contribution in [3.05, 3.63) is 80.7 Å². The van der Waals surface area contributed by atoms with Crippen LogP contribution in [-0.2, 0) is 9.59 Å². The molecule has 9 heteroatoms. The zero-order chi connectivity index (χ0) is 23.9. The van der Waals surface area contributed by atoms with E-state index < -0.39 is 23.5 Å². The Morgan fingerprint density at radius 3 is 2.42 bits per heavy atom. The maximum absolute atomic E-state index is 13.2. The molecule has 4 rings (SSSR count). The summed E-state index contributed by atoms with van der Waals surface area (Å²) in [6.45, 7) is 1.75. The topological polar surface area (TPSA) is 89.2 Å². The number of furan rings is 1. The van der Waals surface area contributed by atoms with Crippen molar-refractivity contribution in [2.45, 2.75) is 13.0 Å². The van der Waals surface area contributed by atoms with E-state index in [0.29, 0.717) is 23.0 Å². The number of halogens is 2. The molecule has 1 aliphatic rings. The summed E-state index contributed by atoms with van der Waals surface area (Å²) in [5.41, 5.74) is 0.460. The molecule has 0 bridgehead atoms. The average Bonchev–Trinajstić information content (AvgIpc) is 3.33.